The average Bonchev–Trinajstić information content (AvgIpc) is 3.16. The molecule has 0 saturated heterocycles. The van der Waals surface area contributed by atoms with Gasteiger partial charge < -0.3 is 13.9 Å². The van der Waals surface area contributed by atoms with Crippen molar-refractivity contribution in [3.05, 3.63) is 75.6 Å². The first-order chi connectivity index (χ1) is 14.8. The summed E-state index contributed by atoms with van der Waals surface area (Å²) in [7, 11) is 0. The Morgan fingerprint density at radius 3 is 2.48 bits per heavy atom. The highest BCUT2D eigenvalue weighted by molar-refractivity contribution is 6.01. The van der Waals surface area contributed by atoms with Crippen molar-refractivity contribution in [1.82, 2.24) is 5.01 Å². The average molecular weight is 420 g/mol. The summed E-state index contributed by atoms with van der Waals surface area (Å²) in [4.78, 5) is 36.5. The molecular formula is C23H20N2O6. The molecule has 1 amide bonds. The van der Waals surface area contributed by atoms with Gasteiger partial charge in [-0.2, -0.15) is 5.01 Å². The van der Waals surface area contributed by atoms with Gasteiger partial charge in [0.05, 0.1) is 5.39 Å². The maximum absolute atomic E-state index is 12.3. The maximum Gasteiger partial charge on any atom is 0.351 e. The second kappa shape index (κ2) is 8.06. The molecule has 1 unspecified atom stereocenters. The predicted octanol–water partition coefficient (Wildman–Crippen LogP) is 3.57. The van der Waals surface area contributed by atoms with Gasteiger partial charge in [-0.15, -0.1) is 5.10 Å². The Bertz CT molecular complexity index is 1260. The molecule has 31 heavy (non-hydrogen) atoms. The fraction of sp³-hybridized carbons (Fsp3) is 0.217. The van der Waals surface area contributed by atoms with E-state index < -0.39 is 17.6 Å². The third kappa shape index (κ3) is 3.92. The lowest BCUT2D eigenvalue weighted by molar-refractivity contribution is -0.135. The summed E-state index contributed by atoms with van der Waals surface area (Å²) in [6.07, 6.45) is -0.721. The van der Waals surface area contributed by atoms with Crippen molar-refractivity contribution in [2.45, 2.75) is 27.0 Å². The van der Waals surface area contributed by atoms with E-state index in [1.807, 2.05) is 31.2 Å². The molecule has 0 radical (unpaired) electrons. The summed E-state index contributed by atoms with van der Waals surface area (Å²) in [6.45, 7) is 4.44. The van der Waals surface area contributed by atoms with Gasteiger partial charge in [0.2, 0.25) is 18.0 Å². The van der Waals surface area contributed by atoms with E-state index in [4.69, 9.17) is 13.9 Å². The molecule has 1 aromatic heterocycles. The normalized spacial score (nSPS) is 15.5. The zero-order valence-corrected chi connectivity index (χ0v) is 17.2. The maximum atomic E-state index is 12.3. The molecule has 0 saturated carbocycles. The highest BCUT2D eigenvalue weighted by Gasteiger charge is 2.33. The molecule has 8 nitrogen and oxygen atoms in total. The van der Waals surface area contributed by atoms with Crippen LogP contribution < -0.4 is 10.4 Å². The summed E-state index contributed by atoms with van der Waals surface area (Å²) >= 11 is 0. The molecule has 2 heterocycles. The number of rotatable bonds is 5. The van der Waals surface area contributed by atoms with Crippen molar-refractivity contribution in [3.63, 3.8) is 0 Å². The van der Waals surface area contributed by atoms with Gasteiger partial charge in [-0.05, 0) is 26.0 Å². The van der Waals surface area contributed by atoms with Crippen molar-refractivity contribution in [3.8, 4) is 5.75 Å². The number of carbonyl (C=O) groups excluding carboxylic acids is 2. The molecule has 1 aliphatic rings. The van der Waals surface area contributed by atoms with Crippen LogP contribution in [0.2, 0.25) is 0 Å². The first-order valence-electron chi connectivity index (χ1n) is 9.65. The van der Waals surface area contributed by atoms with E-state index >= 15 is 0 Å². The van der Waals surface area contributed by atoms with E-state index in [9.17, 15) is 14.4 Å². The standard InChI is InChI=1S/C23H20N2O6/c1-13-8-10-16(11-9-13)22-25(15(3)27)24-19(31-22)12-29-21-17-6-4-5-7-18(17)30-23(28)20(21)14(2)26/h4-11,22H,12H2,1-3H3. The molecule has 1 atom stereocenters. The van der Waals surface area contributed by atoms with Crippen LogP contribution in [0.1, 0.15) is 41.6 Å². The molecule has 1 aliphatic heterocycles. The Kier molecular flexibility index (Phi) is 5.29. The number of para-hydroxylation sites is 1. The van der Waals surface area contributed by atoms with Crippen LogP contribution in [-0.2, 0) is 9.53 Å². The number of carbonyl (C=O) groups is 2. The van der Waals surface area contributed by atoms with Gasteiger partial charge in [-0.1, -0.05) is 42.0 Å². The van der Waals surface area contributed by atoms with Crippen LogP contribution in [0, 0.1) is 6.92 Å². The fourth-order valence-electron chi connectivity index (χ4n) is 3.32. The molecule has 0 N–H and O–H groups in total. The second-order valence-electron chi connectivity index (χ2n) is 7.17. The van der Waals surface area contributed by atoms with Crippen molar-refractivity contribution in [2.24, 2.45) is 5.10 Å². The van der Waals surface area contributed by atoms with E-state index in [0.29, 0.717) is 11.0 Å². The first kappa shape index (κ1) is 20.3. The van der Waals surface area contributed by atoms with Crippen LogP contribution in [-0.4, -0.2) is 29.2 Å². The van der Waals surface area contributed by atoms with Crippen LogP contribution in [0.15, 0.2) is 62.8 Å². The highest BCUT2D eigenvalue weighted by atomic mass is 16.6. The van der Waals surface area contributed by atoms with E-state index in [2.05, 4.69) is 5.10 Å². The lowest BCUT2D eigenvalue weighted by Crippen LogP contribution is -2.25. The summed E-state index contributed by atoms with van der Waals surface area (Å²) in [6, 6.07) is 14.3. The zero-order chi connectivity index (χ0) is 22.1. The first-order valence-corrected chi connectivity index (χ1v) is 9.65. The molecule has 8 heteroatoms. The minimum absolute atomic E-state index is 0.0961. The second-order valence-corrected chi connectivity index (χ2v) is 7.17. The molecule has 3 aromatic rings. The van der Waals surface area contributed by atoms with Crippen LogP contribution in [0.4, 0.5) is 0 Å². The number of ether oxygens (including phenoxy) is 2. The Morgan fingerprint density at radius 1 is 1.10 bits per heavy atom. The van der Waals surface area contributed by atoms with Gasteiger partial charge in [0.1, 0.15) is 16.9 Å². The number of hydrazone groups is 1. The minimum atomic E-state index is -0.779. The van der Waals surface area contributed by atoms with Gasteiger partial charge in [0, 0.05) is 12.5 Å². The molecule has 4 rings (SSSR count). The van der Waals surface area contributed by atoms with Gasteiger partial charge >= 0.3 is 5.63 Å². The van der Waals surface area contributed by atoms with Gasteiger partial charge in [-0.25, -0.2) is 4.79 Å². The fourth-order valence-corrected chi connectivity index (χ4v) is 3.32. The van der Waals surface area contributed by atoms with Crippen LogP contribution >= 0.6 is 0 Å². The number of benzene rings is 2. The van der Waals surface area contributed by atoms with Crippen LogP contribution in [0.25, 0.3) is 11.0 Å². The number of nitrogens with zero attached hydrogens (tertiary/aromatic N) is 2. The highest BCUT2D eigenvalue weighted by Crippen LogP contribution is 2.31. The van der Waals surface area contributed by atoms with Gasteiger partial charge in [0.25, 0.3) is 0 Å². The summed E-state index contributed by atoms with van der Waals surface area (Å²) in [5, 5.41) is 5.93. The molecule has 0 aliphatic carbocycles. The van der Waals surface area contributed by atoms with Crippen LogP contribution in [0.5, 0.6) is 5.75 Å². The Morgan fingerprint density at radius 2 is 1.81 bits per heavy atom. The summed E-state index contributed by atoms with van der Waals surface area (Å²) < 4.78 is 16.9. The number of fused-ring (bicyclic) bond motifs is 1. The lowest BCUT2D eigenvalue weighted by Gasteiger charge is -2.19. The molecule has 0 fully saturated rings. The van der Waals surface area contributed by atoms with Crippen molar-refractivity contribution in [1.29, 1.82) is 0 Å². The summed E-state index contributed by atoms with van der Waals surface area (Å²) in [5.74, 6) is -0.533. The van der Waals surface area contributed by atoms with E-state index in [0.717, 1.165) is 11.1 Å². The number of Topliss-reactive ketones (excluding diaryl/α,β-unsaturated/α-hetero) is 1. The number of amides is 1. The van der Waals surface area contributed by atoms with Crippen molar-refractivity contribution >= 4 is 28.6 Å². The van der Waals surface area contributed by atoms with Crippen molar-refractivity contribution < 1.29 is 23.5 Å². The minimum Gasteiger partial charge on any atom is -0.482 e. The largest absolute Gasteiger partial charge is 0.482 e. The third-order valence-corrected chi connectivity index (χ3v) is 4.83. The topological polar surface area (TPSA) is 98.4 Å². The smallest absolute Gasteiger partial charge is 0.351 e. The summed E-state index contributed by atoms with van der Waals surface area (Å²) in [5.41, 5.74) is 1.17. The monoisotopic (exact) mass is 420 g/mol. The number of ketones is 1. The zero-order valence-electron chi connectivity index (χ0n) is 17.2. The Labute approximate surface area is 177 Å². The Balaban J connectivity index is 1.64. The molecular weight excluding hydrogens is 400 g/mol. The third-order valence-electron chi connectivity index (χ3n) is 4.83. The molecule has 2 aromatic carbocycles. The van der Waals surface area contributed by atoms with Gasteiger partial charge in [0.15, 0.2) is 12.4 Å². The quantitative estimate of drug-likeness (QED) is 0.462. The molecule has 0 spiro atoms. The van der Waals surface area contributed by atoms with E-state index in [1.54, 1.807) is 24.3 Å². The van der Waals surface area contributed by atoms with Gasteiger partial charge in [-0.3, -0.25) is 9.59 Å². The predicted molar refractivity (Wildman–Crippen MR) is 113 cm³/mol. The lowest BCUT2D eigenvalue weighted by atomic mass is 10.1. The SMILES string of the molecule is CC(=O)c1c(OCC2=NN(C(C)=O)C(c3ccc(C)cc3)O2)c2ccccc2oc1=O. The molecule has 0 bridgehead atoms. The molecule has 158 valence electrons. The van der Waals surface area contributed by atoms with E-state index in [-0.39, 0.29) is 29.7 Å². The van der Waals surface area contributed by atoms with Crippen LogP contribution in [0.3, 0.4) is 0 Å². The number of aryl methyl sites for hydroxylation is 1. The Hall–Kier alpha value is -3.94. The number of hydrogen-bond donors (Lipinski definition) is 0. The number of hydrogen-bond acceptors (Lipinski definition) is 7. The van der Waals surface area contributed by atoms with E-state index in [1.165, 1.54) is 18.9 Å². The van der Waals surface area contributed by atoms with Crippen molar-refractivity contribution in [2.75, 3.05) is 6.61 Å².